The smallest absolute Gasteiger partial charge is 0.355 e. The molecule has 7 nitrogen and oxygen atoms in total. The van der Waals surface area contributed by atoms with E-state index in [4.69, 9.17) is 0 Å². The monoisotopic (exact) mass is 896 g/mol. The fourth-order valence-electron chi connectivity index (χ4n) is 9.60. The largest absolute Gasteiger partial charge is 0.474 e. The molecule has 11 heteroatoms. The van der Waals surface area contributed by atoms with Crippen LogP contribution in [0, 0.1) is 62.3 Å². The zero-order valence-corrected chi connectivity index (χ0v) is 39.5. The van der Waals surface area contributed by atoms with Crippen molar-refractivity contribution >= 4 is 60.8 Å². The Bertz CT molecular complexity index is 2940. The van der Waals surface area contributed by atoms with E-state index >= 15 is 0 Å². The average Bonchev–Trinajstić information content (AvgIpc) is 3.21. The molecule has 7 rings (SSSR count). The second kappa shape index (κ2) is 17.9. The van der Waals surface area contributed by atoms with E-state index in [2.05, 4.69) is 148 Å². The number of halogens is 3. The summed E-state index contributed by atoms with van der Waals surface area (Å²) in [6.07, 6.45) is -5.42. The van der Waals surface area contributed by atoms with Crippen LogP contribution in [0.5, 0.6) is 0 Å². The van der Waals surface area contributed by atoms with Crippen molar-refractivity contribution in [3.05, 3.63) is 182 Å². The third kappa shape index (κ3) is 9.53. The number of nitrogens with one attached hydrogen (secondary N) is 1. The first-order valence-electron chi connectivity index (χ1n) is 21.4. The van der Waals surface area contributed by atoms with E-state index in [1.165, 1.54) is 45.5 Å². The van der Waals surface area contributed by atoms with Gasteiger partial charge >= 0.3 is 12.1 Å². The molecule has 0 aromatic heterocycles. The predicted octanol–water partition coefficient (Wildman–Crippen LogP) is 14.5. The minimum Gasteiger partial charge on any atom is -0.355 e. The van der Waals surface area contributed by atoms with Crippen molar-refractivity contribution in [2.45, 2.75) is 79.3 Å². The molecule has 7 aromatic carbocycles. The van der Waals surface area contributed by atoms with Gasteiger partial charge in [-0.05, 0) is 160 Å². The minimum absolute atomic E-state index is 0.375. The number of alkyl halides is 3. The second-order valence-electron chi connectivity index (χ2n) is 17.4. The third-order valence-electron chi connectivity index (χ3n) is 12.2. The molecule has 0 radical (unpaired) electrons. The summed E-state index contributed by atoms with van der Waals surface area (Å²) in [6.45, 7) is 18.6. The zero-order chi connectivity index (χ0) is 47.3. The molecule has 1 amide bonds. The number of hydrogen-bond donors (Lipinski definition) is 2. The Labute approximate surface area is 381 Å². The molecule has 0 aliphatic rings. The lowest BCUT2D eigenvalue weighted by atomic mass is 9.82. The lowest BCUT2D eigenvalue weighted by Crippen LogP contribution is -2.22. The number of amides is 1. The van der Waals surface area contributed by atoms with Crippen LogP contribution < -0.4 is 15.1 Å². The molecule has 0 bridgehead atoms. The highest BCUT2D eigenvalue weighted by atomic mass is 32.2. The molecular weight excluding hydrogens is 842 g/mol. The third-order valence-corrected chi connectivity index (χ3v) is 13.5. The Hall–Kier alpha value is -6.43. The summed E-state index contributed by atoms with van der Waals surface area (Å²) in [5, 5.41) is 4.68. The summed E-state index contributed by atoms with van der Waals surface area (Å²) in [5.74, 6) is -3.01. The molecule has 2 N–H and O–H groups in total. The lowest BCUT2D eigenvalue weighted by molar-refractivity contribution is -0.169. The SMILES string of the molecule is Cc1cc(C)c(Nc2ccc(C(c3ccc(N(C)c4c(C)cc(C)cc4C)cc3)c3ccc(N(C)c4c(C)cc(C)cc4C)cc3)c3ccc(S(=O)(O)=NC(=O)C(F)(F)F)cc23)c(C)c1. The molecule has 0 fully saturated rings. The molecule has 7 aromatic rings. The Kier molecular flexibility index (Phi) is 12.8. The lowest BCUT2D eigenvalue weighted by Gasteiger charge is -2.27. The molecule has 0 aliphatic heterocycles. The Balaban J connectivity index is 1.43. The highest BCUT2D eigenvalue weighted by Gasteiger charge is 2.40. The summed E-state index contributed by atoms with van der Waals surface area (Å²) in [4.78, 5) is 15.9. The van der Waals surface area contributed by atoms with Gasteiger partial charge in [-0.3, -0.25) is 9.35 Å². The molecule has 65 heavy (non-hydrogen) atoms. The van der Waals surface area contributed by atoms with Crippen molar-refractivity contribution in [2.75, 3.05) is 29.2 Å². The van der Waals surface area contributed by atoms with E-state index < -0.39 is 27.0 Å². The van der Waals surface area contributed by atoms with Crippen LogP contribution in [0.4, 0.5) is 47.3 Å². The van der Waals surface area contributed by atoms with Crippen molar-refractivity contribution in [3.8, 4) is 0 Å². The van der Waals surface area contributed by atoms with Crippen molar-refractivity contribution in [3.63, 3.8) is 0 Å². The number of hydrogen-bond acceptors (Lipinski definition) is 5. The zero-order valence-electron chi connectivity index (χ0n) is 38.7. The molecule has 1 atom stereocenters. The van der Waals surface area contributed by atoms with Crippen molar-refractivity contribution in [2.24, 2.45) is 4.36 Å². The highest BCUT2D eigenvalue weighted by molar-refractivity contribution is 7.88. The molecule has 0 heterocycles. The molecule has 0 saturated carbocycles. The van der Waals surface area contributed by atoms with Gasteiger partial charge in [0.15, 0.2) is 10.0 Å². The molecule has 1 unspecified atom stereocenters. The van der Waals surface area contributed by atoms with Crippen molar-refractivity contribution in [1.29, 1.82) is 0 Å². The number of fused-ring (bicyclic) bond motifs is 1. The van der Waals surface area contributed by atoms with Gasteiger partial charge in [-0.25, -0.2) is 4.21 Å². The Morgan fingerprint density at radius 3 is 1.42 bits per heavy atom. The minimum atomic E-state index is -5.42. The number of carbonyl (C=O) groups is 1. The van der Waals surface area contributed by atoms with Crippen LogP contribution in [0.2, 0.25) is 0 Å². The Morgan fingerprint density at radius 2 is 1.00 bits per heavy atom. The van der Waals surface area contributed by atoms with Gasteiger partial charge in [0.1, 0.15) is 0 Å². The van der Waals surface area contributed by atoms with Gasteiger partial charge in [-0.2, -0.15) is 13.2 Å². The van der Waals surface area contributed by atoms with Crippen LogP contribution in [0.1, 0.15) is 72.7 Å². The van der Waals surface area contributed by atoms with Crippen LogP contribution in [0.25, 0.3) is 10.8 Å². The van der Waals surface area contributed by atoms with E-state index in [9.17, 15) is 26.7 Å². The van der Waals surface area contributed by atoms with Crippen LogP contribution in [0.3, 0.4) is 0 Å². The number of benzene rings is 7. The second-order valence-corrected chi connectivity index (χ2v) is 19.1. The van der Waals surface area contributed by atoms with E-state index in [1.54, 1.807) is 6.07 Å². The predicted molar refractivity (Wildman–Crippen MR) is 262 cm³/mol. The van der Waals surface area contributed by atoms with Crippen molar-refractivity contribution in [1.82, 2.24) is 0 Å². The number of aryl methyl sites for hydroxylation is 9. The summed E-state index contributed by atoms with van der Waals surface area (Å²) in [6, 6.07) is 37.9. The van der Waals surface area contributed by atoms with Gasteiger partial charge in [0, 0.05) is 59.5 Å². The van der Waals surface area contributed by atoms with Crippen LogP contribution in [0.15, 0.2) is 125 Å². The van der Waals surface area contributed by atoms with Gasteiger partial charge in [-0.15, -0.1) is 4.36 Å². The van der Waals surface area contributed by atoms with Gasteiger partial charge < -0.3 is 15.1 Å². The number of anilines is 6. The standard InChI is InChI=1S/C54H55F3N4O3S/c1-31-24-34(4)50(35(5)25-31)58-48-23-22-46(45-21-20-44(30-47(45)48)65(63,64)59-53(62)54(55,56)57)49(40-12-16-42(17-13-40)60(10)51-36(6)26-32(2)27-37(51)7)41-14-18-43(19-15-41)61(11)52-38(8)28-33(3)29-39(52)9/h12-30,49,58H,1-11H3,(H,59,62,63,64). The number of carbonyl (C=O) groups excluding carboxylic acids is 1. The van der Waals surface area contributed by atoms with E-state index in [-0.39, 0.29) is 5.92 Å². The van der Waals surface area contributed by atoms with Gasteiger partial charge in [0.25, 0.3) is 0 Å². The van der Waals surface area contributed by atoms with Gasteiger partial charge in [0.05, 0.1) is 4.90 Å². The van der Waals surface area contributed by atoms with Gasteiger partial charge in [-0.1, -0.05) is 89.5 Å². The summed E-state index contributed by atoms with van der Waals surface area (Å²) in [5.41, 5.74) is 18.5. The maximum absolute atomic E-state index is 13.5. The van der Waals surface area contributed by atoms with Crippen LogP contribution in [-0.4, -0.2) is 34.9 Å². The number of nitrogens with zero attached hydrogens (tertiary/aromatic N) is 3. The fraction of sp³-hybridized carbons (Fsp3) is 0.241. The van der Waals surface area contributed by atoms with E-state index in [0.717, 1.165) is 61.8 Å². The highest BCUT2D eigenvalue weighted by Crippen LogP contribution is 2.43. The molecule has 336 valence electrons. The summed E-state index contributed by atoms with van der Waals surface area (Å²) in [7, 11) is -0.681. The fourth-order valence-corrected chi connectivity index (χ4v) is 10.5. The van der Waals surface area contributed by atoms with Crippen LogP contribution >= 0.6 is 0 Å². The first-order chi connectivity index (χ1) is 30.5. The molecular formula is C54H55F3N4O3S. The number of rotatable bonds is 10. The summed E-state index contributed by atoms with van der Waals surface area (Å²) < 4.78 is 67.2. The maximum Gasteiger partial charge on any atom is 0.474 e. The normalized spacial score (nSPS) is 12.6. The molecule has 0 aliphatic carbocycles. The first-order valence-corrected chi connectivity index (χ1v) is 22.9. The topological polar surface area (TPSA) is 85.2 Å². The average molecular weight is 897 g/mol. The first kappa shape index (κ1) is 46.6. The van der Waals surface area contributed by atoms with Gasteiger partial charge in [0.2, 0.25) is 0 Å². The van der Waals surface area contributed by atoms with E-state index in [0.29, 0.717) is 16.5 Å². The van der Waals surface area contributed by atoms with Crippen LogP contribution in [-0.2, 0) is 14.8 Å². The summed E-state index contributed by atoms with van der Waals surface area (Å²) >= 11 is 0. The maximum atomic E-state index is 13.5. The quantitative estimate of drug-likeness (QED) is 0.133. The molecule has 0 saturated heterocycles. The molecule has 0 spiro atoms. The Morgan fingerprint density at radius 1 is 0.585 bits per heavy atom. The van der Waals surface area contributed by atoms with E-state index in [1.807, 2.05) is 45.0 Å². The van der Waals surface area contributed by atoms with Crippen molar-refractivity contribution < 1.29 is 26.7 Å².